The van der Waals surface area contributed by atoms with Crippen molar-refractivity contribution in [2.45, 2.75) is 31.7 Å². The third-order valence-electron chi connectivity index (χ3n) is 5.36. The van der Waals surface area contributed by atoms with Crippen LogP contribution in [0.15, 0.2) is 35.1 Å². The number of piperazine rings is 1. The van der Waals surface area contributed by atoms with Crippen LogP contribution in [0, 0.1) is 0 Å². The van der Waals surface area contributed by atoms with Gasteiger partial charge in [-0.15, -0.1) is 0 Å². The molecular formula is C19H23N3O2. The fourth-order valence-corrected chi connectivity index (χ4v) is 3.98. The number of amides is 1. The maximum absolute atomic E-state index is 12.7. The Hall–Kier alpha value is -2.14. The van der Waals surface area contributed by atoms with Crippen LogP contribution in [-0.2, 0) is 11.2 Å². The van der Waals surface area contributed by atoms with Gasteiger partial charge in [-0.05, 0) is 36.9 Å². The molecule has 0 saturated carbocycles. The summed E-state index contributed by atoms with van der Waals surface area (Å²) in [7, 11) is 0. The van der Waals surface area contributed by atoms with Gasteiger partial charge in [0, 0.05) is 36.8 Å². The summed E-state index contributed by atoms with van der Waals surface area (Å²) >= 11 is 0. The normalized spacial score (nSPS) is 21.7. The first-order valence-electron chi connectivity index (χ1n) is 8.83. The number of aromatic nitrogens is 1. The highest BCUT2D eigenvalue weighted by atomic mass is 16.2. The smallest absolute Gasteiger partial charge is 0.252 e. The number of carbonyl (C=O) groups excluding carboxylic acids is 1. The zero-order chi connectivity index (χ0) is 16.5. The van der Waals surface area contributed by atoms with Crippen molar-refractivity contribution in [2.24, 2.45) is 0 Å². The molecule has 1 atom stereocenters. The number of nitrogens with one attached hydrogen (secondary N) is 1. The number of carbonyl (C=O) groups is 1. The second-order valence-electron chi connectivity index (χ2n) is 6.91. The summed E-state index contributed by atoms with van der Waals surface area (Å²) in [5.74, 6) is 0.0704. The van der Waals surface area contributed by atoms with Gasteiger partial charge in [0.25, 0.3) is 5.56 Å². The van der Waals surface area contributed by atoms with Crippen molar-refractivity contribution in [1.82, 2.24) is 14.8 Å². The molecule has 0 radical (unpaired) electrons. The number of pyridine rings is 1. The van der Waals surface area contributed by atoms with Gasteiger partial charge in [-0.1, -0.05) is 24.6 Å². The highest BCUT2D eigenvalue weighted by molar-refractivity contribution is 5.82. The summed E-state index contributed by atoms with van der Waals surface area (Å²) in [5, 5.41) is 0.969. The van der Waals surface area contributed by atoms with Crippen molar-refractivity contribution in [2.75, 3.05) is 26.2 Å². The average molecular weight is 325 g/mol. The molecule has 0 bridgehead atoms. The Morgan fingerprint density at radius 3 is 2.96 bits per heavy atom. The minimum atomic E-state index is -0.154. The molecule has 1 aromatic heterocycles. The molecule has 126 valence electrons. The zero-order valence-corrected chi connectivity index (χ0v) is 13.8. The minimum absolute atomic E-state index is 0.0704. The van der Waals surface area contributed by atoms with Gasteiger partial charge in [-0.3, -0.25) is 14.5 Å². The molecule has 4 rings (SSSR count). The Morgan fingerprint density at radius 1 is 1.17 bits per heavy atom. The molecule has 2 saturated heterocycles. The molecule has 2 fully saturated rings. The lowest BCUT2D eigenvalue weighted by Gasteiger charge is -2.44. The van der Waals surface area contributed by atoms with E-state index in [0.717, 1.165) is 37.1 Å². The van der Waals surface area contributed by atoms with Crippen molar-refractivity contribution in [3.05, 3.63) is 46.2 Å². The number of fused-ring (bicyclic) bond motifs is 2. The van der Waals surface area contributed by atoms with Gasteiger partial charge >= 0.3 is 0 Å². The molecule has 3 heterocycles. The number of aromatic amines is 1. The van der Waals surface area contributed by atoms with Gasteiger partial charge in [0.1, 0.15) is 0 Å². The van der Waals surface area contributed by atoms with Crippen LogP contribution in [-0.4, -0.2) is 52.9 Å². The number of para-hydroxylation sites is 1. The Bertz CT molecular complexity index is 814. The van der Waals surface area contributed by atoms with E-state index in [-0.39, 0.29) is 17.9 Å². The maximum Gasteiger partial charge on any atom is 0.252 e. The predicted molar refractivity (Wildman–Crippen MR) is 94.1 cm³/mol. The Kier molecular flexibility index (Phi) is 4.10. The number of benzene rings is 1. The van der Waals surface area contributed by atoms with E-state index in [2.05, 4.69) is 9.88 Å². The third kappa shape index (κ3) is 2.96. The molecule has 1 amide bonds. The topological polar surface area (TPSA) is 56.4 Å². The van der Waals surface area contributed by atoms with E-state index >= 15 is 0 Å². The predicted octanol–water partition coefficient (Wildman–Crippen LogP) is 1.77. The summed E-state index contributed by atoms with van der Waals surface area (Å²) in [6.45, 7) is 3.71. The number of H-pyrrole nitrogens is 1. The zero-order valence-electron chi connectivity index (χ0n) is 13.8. The Labute approximate surface area is 141 Å². The van der Waals surface area contributed by atoms with E-state index in [1.165, 1.54) is 19.3 Å². The lowest BCUT2D eigenvalue weighted by molar-refractivity contribution is -0.134. The van der Waals surface area contributed by atoms with Crippen molar-refractivity contribution >= 4 is 16.8 Å². The van der Waals surface area contributed by atoms with E-state index in [4.69, 9.17) is 0 Å². The van der Waals surface area contributed by atoms with Crippen LogP contribution < -0.4 is 5.56 Å². The van der Waals surface area contributed by atoms with E-state index in [1.54, 1.807) is 0 Å². The molecule has 2 aliphatic rings. The summed E-state index contributed by atoms with van der Waals surface area (Å²) in [4.78, 5) is 32.3. The molecule has 2 aromatic rings. The summed E-state index contributed by atoms with van der Waals surface area (Å²) < 4.78 is 0. The standard InChI is InChI=1S/C19H23N3O2/c23-18(22-10-9-21-8-4-3-6-16(21)13-22)12-15-11-14-5-1-2-7-17(14)20-19(15)24/h1-2,5,7,11,16H,3-4,6,8-10,12-13H2,(H,20,24). The summed E-state index contributed by atoms with van der Waals surface area (Å²) in [5.41, 5.74) is 1.22. The fraction of sp³-hybridized carbons (Fsp3) is 0.474. The number of nitrogens with zero attached hydrogens (tertiary/aromatic N) is 2. The van der Waals surface area contributed by atoms with Gasteiger partial charge in [0.2, 0.25) is 5.91 Å². The van der Waals surface area contributed by atoms with E-state index in [1.807, 2.05) is 35.2 Å². The van der Waals surface area contributed by atoms with Crippen molar-refractivity contribution in [3.63, 3.8) is 0 Å². The second kappa shape index (κ2) is 6.40. The summed E-state index contributed by atoms with van der Waals surface area (Å²) in [6, 6.07) is 10.0. The quantitative estimate of drug-likeness (QED) is 0.915. The lowest BCUT2D eigenvalue weighted by atomic mass is 9.99. The fourth-order valence-electron chi connectivity index (χ4n) is 3.98. The van der Waals surface area contributed by atoms with Crippen molar-refractivity contribution < 1.29 is 4.79 Å². The van der Waals surface area contributed by atoms with Gasteiger partial charge in [-0.2, -0.15) is 0 Å². The maximum atomic E-state index is 12.7. The molecule has 1 unspecified atom stereocenters. The first kappa shape index (κ1) is 15.4. The largest absolute Gasteiger partial charge is 0.340 e. The van der Waals surface area contributed by atoms with Gasteiger partial charge in [0.05, 0.1) is 6.42 Å². The Morgan fingerprint density at radius 2 is 2.04 bits per heavy atom. The number of piperidine rings is 1. The van der Waals surface area contributed by atoms with Crippen LogP contribution in [0.2, 0.25) is 0 Å². The number of hydrogen-bond acceptors (Lipinski definition) is 3. The van der Waals surface area contributed by atoms with Crippen LogP contribution >= 0.6 is 0 Å². The average Bonchev–Trinajstić information content (AvgIpc) is 2.62. The monoisotopic (exact) mass is 325 g/mol. The summed E-state index contributed by atoms with van der Waals surface area (Å²) in [6.07, 6.45) is 3.90. The molecule has 1 aromatic carbocycles. The van der Waals surface area contributed by atoms with Crippen molar-refractivity contribution in [1.29, 1.82) is 0 Å². The second-order valence-corrected chi connectivity index (χ2v) is 6.91. The van der Waals surface area contributed by atoms with Crippen LogP contribution in [0.1, 0.15) is 24.8 Å². The van der Waals surface area contributed by atoms with Gasteiger partial charge in [-0.25, -0.2) is 0 Å². The molecular weight excluding hydrogens is 302 g/mol. The van der Waals surface area contributed by atoms with E-state index < -0.39 is 0 Å². The highest BCUT2D eigenvalue weighted by Crippen LogP contribution is 2.21. The molecule has 24 heavy (non-hydrogen) atoms. The lowest BCUT2D eigenvalue weighted by Crippen LogP contribution is -2.56. The SMILES string of the molecule is O=C(Cc1cc2ccccc2[nH]c1=O)N1CCN2CCCCC2C1. The van der Waals surface area contributed by atoms with Crippen molar-refractivity contribution in [3.8, 4) is 0 Å². The minimum Gasteiger partial charge on any atom is -0.340 e. The third-order valence-corrected chi connectivity index (χ3v) is 5.36. The first-order valence-corrected chi connectivity index (χ1v) is 8.83. The molecule has 1 N–H and O–H groups in total. The molecule has 0 aliphatic carbocycles. The van der Waals surface area contributed by atoms with Gasteiger partial charge in [0.15, 0.2) is 0 Å². The van der Waals surface area contributed by atoms with Gasteiger partial charge < -0.3 is 9.88 Å². The molecule has 2 aliphatic heterocycles. The number of hydrogen-bond donors (Lipinski definition) is 1. The molecule has 5 heteroatoms. The Balaban J connectivity index is 1.50. The van der Waals surface area contributed by atoms with Crippen LogP contribution in [0.3, 0.4) is 0 Å². The first-order chi connectivity index (χ1) is 11.7. The van der Waals surface area contributed by atoms with E-state index in [9.17, 15) is 9.59 Å². The highest BCUT2D eigenvalue weighted by Gasteiger charge is 2.31. The van der Waals surface area contributed by atoms with Crippen LogP contribution in [0.5, 0.6) is 0 Å². The van der Waals surface area contributed by atoms with Crippen LogP contribution in [0.25, 0.3) is 10.9 Å². The molecule has 0 spiro atoms. The van der Waals surface area contributed by atoms with Crippen LogP contribution in [0.4, 0.5) is 0 Å². The number of rotatable bonds is 2. The molecule has 5 nitrogen and oxygen atoms in total. The van der Waals surface area contributed by atoms with E-state index in [0.29, 0.717) is 11.6 Å².